The zero-order valence-corrected chi connectivity index (χ0v) is 12.3. The van der Waals surface area contributed by atoms with Gasteiger partial charge in [-0.3, -0.25) is 9.78 Å². The molecule has 23 heavy (non-hydrogen) atoms. The maximum Gasteiger partial charge on any atom is 0.217 e. The highest BCUT2D eigenvalue weighted by Gasteiger charge is 2.40. The molecule has 0 spiro atoms. The lowest BCUT2D eigenvalue weighted by Crippen LogP contribution is -2.49. The summed E-state index contributed by atoms with van der Waals surface area (Å²) in [5, 5.41) is 11.4. The SMILES string of the molecule is CC(=O)NC(CF)(c1ccc(CO)cn1)c1cccc(F)c1F. The Labute approximate surface area is 131 Å². The van der Waals surface area contributed by atoms with Crippen molar-refractivity contribution in [2.45, 2.75) is 19.1 Å². The van der Waals surface area contributed by atoms with Gasteiger partial charge in [0.25, 0.3) is 0 Å². The molecule has 2 aromatic rings. The van der Waals surface area contributed by atoms with E-state index in [1.165, 1.54) is 30.5 Å². The highest BCUT2D eigenvalue weighted by atomic mass is 19.2. The molecule has 0 radical (unpaired) electrons. The molecule has 1 amide bonds. The van der Waals surface area contributed by atoms with Crippen molar-refractivity contribution in [2.24, 2.45) is 0 Å². The number of pyridine rings is 1. The number of aliphatic hydroxyl groups is 1. The average molecular weight is 324 g/mol. The van der Waals surface area contributed by atoms with Crippen LogP contribution >= 0.6 is 0 Å². The second-order valence-electron chi connectivity index (χ2n) is 5.03. The normalized spacial score (nSPS) is 13.4. The van der Waals surface area contributed by atoms with Crippen LogP contribution in [0.5, 0.6) is 0 Å². The van der Waals surface area contributed by atoms with Gasteiger partial charge in [0.1, 0.15) is 12.2 Å². The van der Waals surface area contributed by atoms with Crippen LogP contribution in [0, 0.1) is 11.6 Å². The average Bonchev–Trinajstić information content (AvgIpc) is 2.55. The number of nitrogens with one attached hydrogen (secondary N) is 1. The molecule has 0 aliphatic carbocycles. The smallest absolute Gasteiger partial charge is 0.217 e. The van der Waals surface area contributed by atoms with Gasteiger partial charge in [0.15, 0.2) is 11.6 Å². The molecule has 1 heterocycles. The Morgan fingerprint density at radius 2 is 2.04 bits per heavy atom. The predicted octanol–water partition coefficient (Wildman–Crippen LogP) is 2.20. The molecule has 0 aliphatic heterocycles. The number of halogens is 3. The van der Waals surface area contributed by atoms with E-state index in [1.807, 2.05) is 0 Å². The molecule has 0 aliphatic rings. The monoisotopic (exact) mass is 324 g/mol. The van der Waals surface area contributed by atoms with E-state index in [2.05, 4.69) is 10.3 Å². The number of nitrogens with zero attached hydrogens (tertiary/aromatic N) is 1. The van der Waals surface area contributed by atoms with Gasteiger partial charge in [-0.25, -0.2) is 13.2 Å². The fourth-order valence-electron chi connectivity index (χ4n) is 2.35. The van der Waals surface area contributed by atoms with Gasteiger partial charge in [-0.15, -0.1) is 0 Å². The van der Waals surface area contributed by atoms with Crippen molar-refractivity contribution >= 4 is 5.91 Å². The molecular formula is C16H15F3N2O2. The number of rotatable bonds is 5. The van der Waals surface area contributed by atoms with Crippen molar-refractivity contribution in [3.05, 3.63) is 65.0 Å². The van der Waals surface area contributed by atoms with E-state index >= 15 is 0 Å². The minimum absolute atomic E-state index is 0.00287. The van der Waals surface area contributed by atoms with Crippen molar-refractivity contribution < 1.29 is 23.1 Å². The van der Waals surface area contributed by atoms with Crippen molar-refractivity contribution in [1.82, 2.24) is 10.3 Å². The van der Waals surface area contributed by atoms with Gasteiger partial charge in [-0.1, -0.05) is 18.2 Å². The number of benzene rings is 1. The van der Waals surface area contributed by atoms with Crippen LogP contribution < -0.4 is 5.32 Å². The Balaban J connectivity index is 2.68. The highest BCUT2D eigenvalue weighted by Crippen LogP contribution is 2.32. The van der Waals surface area contributed by atoms with E-state index in [-0.39, 0.29) is 17.9 Å². The Morgan fingerprint density at radius 3 is 2.57 bits per heavy atom. The quantitative estimate of drug-likeness (QED) is 0.886. The van der Waals surface area contributed by atoms with E-state index < -0.39 is 29.8 Å². The van der Waals surface area contributed by atoms with E-state index in [4.69, 9.17) is 5.11 Å². The topological polar surface area (TPSA) is 62.2 Å². The molecule has 2 N–H and O–H groups in total. The molecular weight excluding hydrogens is 309 g/mol. The third kappa shape index (κ3) is 3.19. The first kappa shape index (κ1) is 17.0. The van der Waals surface area contributed by atoms with Gasteiger partial charge in [0.05, 0.1) is 12.3 Å². The molecule has 7 heteroatoms. The summed E-state index contributed by atoms with van der Waals surface area (Å²) < 4.78 is 41.7. The van der Waals surface area contributed by atoms with E-state index in [9.17, 15) is 18.0 Å². The Hall–Kier alpha value is -2.41. The Bertz CT molecular complexity index is 707. The zero-order valence-electron chi connectivity index (χ0n) is 12.3. The van der Waals surface area contributed by atoms with E-state index in [1.54, 1.807) is 0 Å². The summed E-state index contributed by atoms with van der Waals surface area (Å²) in [6.07, 6.45) is 1.28. The first-order valence-electron chi connectivity index (χ1n) is 6.80. The fourth-order valence-corrected chi connectivity index (χ4v) is 2.35. The largest absolute Gasteiger partial charge is 0.392 e. The molecule has 0 saturated heterocycles. The van der Waals surface area contributed by atoms with Crippen LogP contribution in [0.4, 0.5) is 13.2 Å². The molecule has 2 rings (SSSR count). The second kappa shape index (κ2) is 6.78. The number of hydrogen-bond donors (Lipinski definition) is 2. The standard InChI is InChI=1S/C16H15F3N2O2/c1-10(23)21-16(9-17,12-3-2-4-13(18)15(12)19)14-6-5-11(8-22)7-20-14/h2-7,22H,8-9H2,1H3,(H,21,23). The fraction of sp³-hybridized carbons (Fsp3) is 0.250. The van der Waals surface area contributed by atoms with Crippen LogP contribution in [0.1, 0.15) is 23.7 Å². The lowest BCUT2D eigenvalue weighted by Gasteiger charge is -2.32. The first-order chi connectivity index (χ1) is 10.9. The van der Waals surface area contributed by atoms with Crippen LogP contribution in [0.15, 0.2) is 36.5 Å². The van der Waals surface area contributed by atoms with Crippen LogP contribution in [0.2, 0.25) is 0 Å². The summed E-state index contributed by atoms with van der Waals surface area (Å²) in [7, 11) is 0. The van der Waals surface area contributed by atoms with Gasteiger partial charge >= 0.3 is 0 Å². The maximum atomic E-state index is 14.2. The summed E-state index contributed by atoms with van der Waals surface area (Å²) in [6.45, 7) is -0.355. The molecule has 122 valence electrons. The number of aromatic nitrogens is 1. The molecule has 1 aromatic carbocycles. The Kier molecular flexibility index (Phi) is 5.00. The minimum Gasteiger partial charge on any atom is -0.392 e. The zero-order chi connectivity index (χ0) is 17.0. The lowest BCUT2D eigenvalue weighted by atomic mass is 9.86. The van der Waals surface area contributed by atoms with E-state index in [0.29, 0.717) is 5.56 Å². The summed E-state index contributed by atoms with van der Waals surface area (Å²) in [6, 6.07) is 6.13. The van der Waals surface area contributed by atoms with Crippen LogP contribution in [0.25, 0.3) is 0 Å². The highest BCUT2D eigenvalue weighted by molar-refractivity contribution is 5.75. The number of carbonyl (C=O) groups is 1. The van der Waals surface area contributed by atoms with Crippen molar-refractivity contribution in [1.29, 1.82) is 0 Å². The molecule has 1 atom stereocenters. The minimum atomic E-state index is -1.95. The van der Waals surface area contributed by atoms with E-state index in [0.717, 1.165) is 13.0 Å². The number of aliphatic hydroxyl groups excluding tert-OH is 1. The molecule has 0 bridgehead atoms. The van der Waals surface area contributed by atoms with Gasteiger partial charge in [0, 0.05) is 18.7 Å². The second-order valence-corrected chi connectivity index (χ2v) is 5.03. The molecule has 0 saturated carbocycles. The van der Waals surface area contributed by atoms with Gasteiger partial charge in [0.2, 0.25) is 5.91 Å². The summed E-state index contributed by atoms with van der Waals surface area (Å²) >= 11 is 0. The summed E-state index contributed by atoms with van der Waals surface area (Å²) in [5.74, 6) is -3.04. The third-order valence-corrected chi connectivity index (χ3v) is 3.45. The number of hydrogen-bond acceptors (Lipinski definition) is 3. The summed E-state index contributed by atoms with van der Waals surface area (Å²) in [5.41, 5.74) is -1.85. The Morgan fingerprint density at radius 1 is 1.30 bits per heavy atom. The predicted molar refractivity (Wildman–Crippen MR) is 77.1 cm³/mol. The van der Waals surface area contributed by atoms with Gasteiger partial charge in [-0.2, -0.15) is 0 Å². The first-order valence-corrected chi connectivity index (χ1v) is 6.80. The van der Waals surface area contributed by atoms with Gasteiger partial charge in [-0.05, 0) is 17.7 Å². The third-order valence-electron chi connectivity index (χ3n) is 3.45. The maximum absolute atomic E-state index is 14.2. The molecule has 0 fully saturated rings. The van der Waals surface area contributed by atoms with Crippen molar-refractivity contribution in [3.63, 3.8) is 0 Å². The summed E-state index contributed by atoms with van der Waals surface area (Å²) in [4.78, 5) is 15.5. The van der Waals surface area contributed by atoms with Crippen LogP contribution in [0.3, 0.4) is 0 Å². The molecule has 1 unspecified atom stereocenters. The number of amides is 1. The van der Waals surface area contributed by atoms with Crippen molar-refractivity contribution in [2.75, 3.05) is 6.67 Å². The molecule has 4 nitrogen and oxygen atoms in total. The van der Waals surface area contributed by atoms with Crippen LogP contribution in [-0.4, -0.2) is 22.7 Å². The lowest BCUT2D eigenvalue weighted by molar-refractivity contribution is -0.120. The van der Waals surface area contributed by atoms with Crippen molar-refractivity contribution in [3.8, 4) is 0 Å². The number of alkyl halides is 1. The van der Waals surface area contributed by atoms with Crippen LogP contribution in [-0.2, 0) is 16.9 Å². The molecule has 1 aromatic heterocycles. The van der Waals surface area contributed by atoms with Gasteiger partial charge < -0.3 is 10.4 Å². The number of carbonyl (C=O) groups excluding carboxylic acids is 1.